The standard InChI is InChI=1S/C12H22N2O2/c1-10(16)14(11-4-5-11)9-12-3-2-6-13(12)7-8-15/h11-12,15H,2-9H2,1H3. The SMILES string of the molecule is CC(=O)N(CC1CCCN1CCO)C1CC1. The third kappa shape index (κ3) is 2.74. The molecule has 1 amide bonds. The highest BCUT2D eigenvalue weighted by atomic mass is 16.3. The molecular formula is C12H22N2O2. The molecule has 1 N–H and O–H groups in total. The number of aliphatic hydroxyl groups excluding tert-OH is 1. The molecule has 16 heavy (non-hydrogen) atoms. The van der Waals surface area contributed by atoms with Gasteiger partial charge in [-0.15, -0.1) is 0 Å². The summed E-state index contributed by atoms with van der Waals surface area (Å²) in [5.74, 6) is 0.207. The number of β-amino-alcohol motifs (C(OH)–C–C–N with tert-alkyl or cyclic N) is 1. The lowest BCUT2D eigenvalue weighted by Crippen LogP contribution is -2.44. The van der Waals surface area contributed by atoms with Crippen molar-refractivity contribution in [2.24, 2.45) is 0 Å². The van der Waals surface area contributed by atoms with Crippen LogP contribution in [0, 0.1) is 0 Å². The first-order valence-corrected chi connectivity index (χ1v) is 6.34. The Labute approximate surface area is 97.2 Å². The topological polar surface area (TPSA) is 43.8 Å². The van der Waals surface area contributed by atoms with Crippen LogP contribution < -0.4 is 0 Å². The van der Waals surface area contributed by atoms with E-state index in [1.807, 2.05) is 4.90 Å². The Hall–Kier alpha value is -0.610. The number of hydrogen-bond acceptors (Lipinski definition) is 3. The quantitative estimate of drug-likeness (QED) is 0.740. The molecule has 0 aromatic carbocycles. The van der Waals surface area contributed by atoms with Crippen molar-refractivity contribution in [1.82, 2.24) is 9.80 Å². The maximum Gasteiger partial charge on any atom is 0.219 e. The molecule has 0 aromatic rings. The third-order valence-corrected chi connectivity index (χ3v) is 3.69. The van der Waals surface area contributed by atoms with Gasteiger partial charge >= 0.3 is 0 Å². The highest BCUT2D eigenvalue weighted by molar-refractivity contribution is 5.74. The molecule has 1 heterocycles. The molecule has 0 spiro atoms. The largest absolute Gasteiger partial charge is 0.395 e. The van der Waals surface area contributed by atoms with Crippen LogP contribution in [0.3, 0.4) is 0 Å². The van der Waals surface area contributed by atoms with Crippen LogP contribution >= 0.6 is 0 Å². The van der Waals surface area contributed by atoms with Crippen LogP contribution in [-0.4, -0.2) is 59.1 Å². The fourth-order valence-electron chi connectivity index (χ4n) is 2.67. The van der Waals surface area contributed by atoms with Crippen LogP contribution in [0.1, 0.15) is 32.6 Å². The molecule has 92 valence electrons. The Morgan fingerprint density at radius 2 is 2.19 bits per heavy atom. The second kappa shape index (κ2) is 5.15. The lowest BCUT2D eigenvalue weighted by Gasteiger charge is -2.30. The van der Waals surface area contributed by atoms with Gasteiger partial charge in [0.2, 0.25) is 5.91 Å². The summed E-state index contributed by atoms with van der Waals surface area (Å²) >= 11 is 0. The smallest absolute Gasteiger partial charge is 0.219 e. The number of aliphatic hydroxyl groups is 1. The fraction of sp³-hybridized carbons (Fsp3) is 0.917. The predicted octanol–water partition coefficient (Wildman–Crippen LogP) is 0.454. The molecule has 1 saturated heterocycles. The zero-order valence-electron chi connectivity index (χ0n) is 10.1. The van der Waals surface area contributed by atoms with Crippen LogP contribution in [0.25, 0.3) is 0 Å². The summed E-state index contributed by atoms with van der Waals surface area (Å²) < 4.78 is 0. The van der Waals surface area contributed by atoms with E-state index in [9.17, 15) is 4.79 Å². The summed E-state index contributed by atoms with van der Waals surface area (Å²) in [6.07, 6.45) is 4.70. The van der Waals surface area contributed by atoms with E-state index < -0.39 is 0 Å². The monoisotopic (exact) mass is 226 g/mol. The van der Waals surface area contributed by atoms with Crippen molar-refractivity contribution in [3.8, 4) is 0 Å². The minimum Gasteiger partial charge on any atom is -0.395 e. The van der Waals surface area contributed by atoms with E-state index >= 15 is 0 Å². The van der Waals surface area contributed by atoms with E-state index in [2.05, 4.69) is 4.90 Å². The Bertz CT molecular complexity index is 253. The normalized spacial score (nSPS) is 26.0. The minimum absolute atomic E-state index is 0.207. The summed E-state index contributed by atoms with van der Waals surface area (Å²) in [5, 5.41) is 8.99. The molecule has 2 fully saturated rings. The number of amides is 1. The molecule has 2 aliphatic rings. The molecule has 2 rings (SSSR count). The maximum absolute atomic E-state index is 11.5. The Morgan fingerprint density at radius 3 is 2.75 bits per heavy atom. The summed E-state index contributed by atoms with van der Waals surface area (Å²) in [6, 6.07) is 0.978. The van der Waals surface area contributed by atoms with Gasteiger partial charge in [-0.05, 0) is 32.2 Å². The maximum atomic E-state index is 11.5. The van der Waals surface area contributed by atoms with E-state index in [-0.39, 0.29) is 12.5 Å². The highest BCUT2D eigenvalue weighted by Gasteiger charge is 2.34. The van der Waals surface area contributed by atoms with Gasteiger partial charge in [0.1, 0.15) is 0 Å². The van der Waals surface area contributed by atoms with Crippen LogP contribution in [0.5, 0.6) is 0 Å². The van der Waals surface area contributed by atoms with Gasteiger partial charge in [-0.1, -0.05) is 0 Å². The summed E-state index contributed by atoms with van der Waals surface area (Å²) in [5.41, 5.74) is 0. The molecular weight excluding hydrogens is 204 g/mol. The van der Waals surface area contributed by atoms with Crippen molar-refractivity contribution in [1.29, 1.82) is 0 Å². The van der Waals surface area contributed by atoms with Crippen molar-refractivity contribution in [2.45, 2.75) is 44.7 Å². The molecule has 0 bridgehead atoms. The van der Waals surface area contributed by atoms with Crippen molar-refractivity contribution >= 4 is 5.91 Å². The molecule has 4 nitrogen and oxygen atoms in total. The second-order valence-corrected chi connectivity index (χ2v) is 4.96. The Morgan fingerprint density at radius 1 is 1.44 bits per heavy atom. The Kier molecular flexibility index (Phi) is 3.82. The number of nitrogens with zero attached hydrogens (tertiary/aromatic N) is 2. The van der Waals surface area contributed by atoms with Crippen molar-refractivity contribution < 1.29 is 9.90 Å². The van der Waals surface area contributed by atoms with Gasteiger partial charge in [-0.2, -0.15) is 0 Å². The van der Waals surface area contributed by atoms with Crippen LogP contribution in [0.4, 0.5) is 0 Å². The molecule has 1 aliphatic heterocycles. The predicted molar refractivity (Wildman–Crippen MR) is 62.1 cm³/mol. The molecule has 1 saturated carbocycles. The van der Waals surface area contributed by atoms with Crippen LogP contribution in [-0.2, 0) is 4.79 Å². The lowest BCUT2D eigenvalue weighted by molar-refractivity contribution is -0.130. The van der Waals surface area contributed by atoms with E-state index in [0.717, 1.165) is 26.1 Å². The van der Waals surface area contributed by atoms with E-state index in [0.29, 0.717) is 12.1 Å². The highest BCUT2D eigenvalue weighted by Crippen LogP contribution is 2.29. The molecule has 0 radical (unpaired) electrons. The third-order valence-electron chi connectivity index (χ3n) is 3.69. The molecule has 1 atom stereocenters. The molecule has 0 aromatic heterocycles. The van der Waals surface area contributed by atoms with Gasteiger partial charge in [-0.3, -0.25) is 9.69 Å². The van der Waals surface area contributed by atoms with Gasteiger partial charge in [0.25, 0.3) is 0 Å². The lowest BCUT2D eigenvalue weighted by atomic mass is 10.2. The first-order chi connectivity index (χ1) is 7.72. The fourth-order valence-corrected chi connectivity index (χ4v) is 2.67. The molecule has 1 unspecified atom stereocenters. The van der Waals surface area contributed by atoms with E-state index in [1.54, 1.807) is 6.92 Å². The average Bonchev–Trinajstić information content (AvgIpc) is 2.98. The second-order valence-electron chi connectivity index (χ2n) is 4.96. The van der Waals surface area contributed by atoms with Gasteiger partial charge in [-0.25, -0.2) is 0 Å². The van der Waals surface area contributed by atoms with Crippen molar-refractivity contribution in [2.75, 3.05) is 26.2 Å². The van der Waals surface area contributed by atoms with Crippen molar-refractivity contribution in [3.05, 3.63) is 0 Å². The summed E-state index contributed by atoms with van der Waals surface area (Å²) in [4.78, 5) is 15.9. The number of rotatable bonds is 5. The zero-order valence-corrected chi connectivity index (χ0v) is 10.1. The van der Waals surface area contributed by atoms with Gasteiger partial charge < -0.3 is 10.0 Å². The minimum atomic E-state index is 0.207. The Balaban J connectivity index is 1.88. The van der Waals surface area contributed by atoms with E-state index in [1.165, 1.54) is 19.3 Å². The van der Waals surface area contributed by atoms with Crippen LogP contribution in [0.15, 0.2) is 0 Å². The zero-order chi connectivity index (χ0) is 11.5. The number of likely N-dealkylation sites (tertiary alicyclic amines) is 1. The number of carbonyl (C=O) groups is 1. The molecule has 4 heteroatoms. The van der Waals surface area contributed by atoms with Gasteiger partial charge in [0.15, 0.2) is 0 Å². The summed E-state index contributed by atoms with van der Waals surface area (Å²) in [6.45, 7) is 4.58. The summed E-state index contributed by atoms with van der Waals surface area (Å²) in [7, 11) is 0. The van der Waals surface area contributed by atoms with Crippen LogP contribution in [0.2, 0.25) is 0 Å². The van der Waals surface area contributed by atoms with Gasteiger partial charge in [0.05, 0.1) is 6.61 Å². The first-order valence-electron chi connectivity index (χ1n) is 6.34. The first kappa shape index (κ1) is 11.9. The number of hydrogen-bond donors (Lipinski definition) is 1. The number of carbonyl (C=O) groups excluding carboxylic acids is 1. The van der Waals surface area contributed by atoms with Crippen molar-refractivity contribution in [3.63, 3.8) is 0 Å². The van der Waals surface area contributed by atoms with E-state index in [4.69, 9.17) is 5.11 Å². The average molecular weight is 226 g/mol. The van der Waals surface area contributed by atoms with Gasteiger partial charge in [0, 0.05) is 32.1 Å². The molecule has 1 aliphatic carbocycles.